The normalized spacial score (nSPS) is 12.3. The van der Waals surface area contributed by atoms with E-state index in [1.54, 1.807) is 18.2 Å². The molecule has 0 fully saturated rings. The van der Waals surface area contributed by atoms with Gasteiger partial charge < -0.3 is 14.3 Å². The summed E-state index contributed by atoms with van der Waals surface area (Å²) in [5.41, 5.74) is 0.154. The van der Waals surface area contributed by atoms with Crippen molar-refractivity contribution in [3.63, 3.8) is 0 Å². The van der Waals surface area contributed by atoms with Crippen molar-refractivity contribution in [3.8, 4) is 5.75 Å². The van der Waals surface area contributed by atoms with Crippen molar-refractivity contribution in [1.29, 1.82) is 0 Å². The predicted octanol–water partition coefficient (Wildman–Crippen LogP) is 3.74. The van der Waals surface area contributed by atoms with Gasteiger partial charge in [0, 0.05) is 0 Å². The van der Waals surface area contributed by atoms with Crippen LogP contribution in [0.15, 0.2) is 24.3 Å². The minimum absolute atomic E-state index is 0.0841. The van der Waals surface area contributed by atoms with Crippen molar-refractivity contribution in [2.45, 2.75) is 38.9 Å². The number of carboxylic acids is 1. The zero-order valence-corrected chi connectivity index (χ0v) is 13.2. The fourth-order valence-corrected chi connectivity index (χ4v) is 2.01. The fourth-order valence-electron chi connectivity index (χ4n) is 1.23. The zero-order chi connectivity index (χ0) is 14.7. The first-order valence-corrected chi connectivity index (χ1v) is 9.15. The average molecular weight is 282 g/mol. The molecule has 1 N–H and O–H groups in total. The number of para-hydroxylation sites is 1. The summed E-state index contributed by atoms with van der Waals surface area (Å²) in [7, 11) is -1.88. The number of carbonyl (C=O) groups is 1. The zero-order valence-electron chi connectivity index (χ0n) is 12.2. The Bertz CT molecular complexity index is 449. The van der Waals surface area contributed by atoms with Crippen molar-refractivity contribution < 1.29 is 19.1 Å². The van der Waals surface area contributed by atoms with Crippen molar-refractivity contribution in [2.24, 2.45) is 0 Å². The van der Waals surface area contributed by atoms with Crippen LogP contribution in [0.3, 0.4) is 0 Å². The Kier molecular flexibility index (Phi) is 4.76. The summed E-state index contributed by atoms with van der Waals surface area (Å²) in [5, 5.41) is 9.14. The van der Waals surface area contributed by atoms with E-state index in [0.29, 0.717) is 5.75 Å². The summed E-state index contributed by atoms with van der Waals surface area (Å²) < 4.78 is 11.3. The molecule has 0 radical (unpaired) electrons. The van der Waals surface area contributed by atoms with Gasteiger partial charge in [0.2, 0.25) is 0 Å². The average Bonchev–Trinajstić information content (AvgIpc) is 2.27. The Morgan fingerprint density at radius 1 is 1.26 bits per heavy atom. The molecule has 0 bridgehead atoms. The molecule has 106 valence electrons. The minimum atomic E-state index is -1.88. The van der Waals surface area contributed by atoms with Gasteiger partial charge in [-0.1, -0.05) is 32.9 Å². The van der Waals surface area contributed by atoms with Crippen LogP contribution >= 0.6 is 0 Å². The van der Waals surface area contributed by atoms with Crippen molar-refractivity contribution in [2.75, 3.05) is 6.79 Å². The lowest BCUT2D eigenvalue weighted by Gasteiger charge is -2.35. The van der Waals surface area contributed by atoms with E-state index in [1.807, 2.05) is 0 Å². The third kappa shape index (κ3) is 4.07. The molecule has 0 saturated heterocycles. The van der Waals surface area contributed by atoms with Crippen LogP contribution in [0.2, 0.25) is 18.1 Å². The van der Waals surface area contributed by atoms with Gasteiger partial charge >= 0.3 is 5.97 Å². The van der Waals surface area contributed by atoms with Crippen LogP contribution in [-0.4, -0.2) is 26.2 Å². The van der Waals surface area contributed by atoms with E-state index < -0.39 is 14.3 Å². The Balaban J connectivity index is 2.67. The first-order valence-electron chi connectivity index (χ1n) is 6.24. The number of rotatable bonds is 5. The molecule has 0 saturated carbocycles. The largest absolute Gasteiger partial charge is 0.478 e. The van der Waals surface area contributed by atoms with E-state index in [2.05, 4.69) is 33.9 Å². The molecule has 0 amide bonds. The van der Waals surface area contributed by atoms with Crippen LogP contribution in [0.4, 0.5) is 0 Å². The lowest BCUT2D eigenvalue weighted by molar-refractivity contribution is 0.0678. The third-order valence-electron chi connectivity index (χ3n) is 3.56. The number of hydrogen-bond acceptors (Lipinski definition) is 3. The predicted molar refractivity (Wildman–Crippen MR) is 77.2 cm³/mol. The SMILES string of the molecule is CC(C)(C)[Si](C)(C)OCOc1ccccc1C(=O)O. The van der Waals surface area contributed by atoms with E-state index in [1.165, 1.54) is 6.07 Å². The van der Waals surface area contributed by atoms with Crippen molar-refractivity contribution in [3.05, 3.63) is 29.8 Å². The van der Waals surface area contributed by atoms with Crippen LogP contribution < -0.4 is 4.74 Å². The van der Waals surface area contributed by atoms with Gasteiger partial charge in [-0.05, 0) is 30.3 Å². The number of hydrogen-bond donors (Lipinski definition) is 1. The molecule has 0 heterocycles. The Morgan fingerprint density at radius 2 is 1.84 bits per heavy atom. The molecule has 1 aromatic carbocycles. The molecule has 0 aliphatic heterocycles. The maximum Gasteiger partial charge on any atom is 0.339 e. The maximum absolute atomic E-state index is 11.0. The van der Waals surface area contributed by atoms with Crippen LogP contribution in [-0.2, 0) is 4.43 Å². The second-order valence-corrected chi connectivity index (χ2v) is 10.8. The van der Waals surface area contributed by atoms with Gasteiger partial charge in [-0.15, -0.1) is 0 Å². The highest BCUT2D eigenvalue weighted by Crippen LogP contribution is 2.36. The number of ether oxygens (including phenoxy) is 1. The molecule has 5 heteroatoms. The molecule has 0 aromatic heterocycles. The number of aromatic carboxylic acids is 1. The summed E-state index contributed by atoms with van der Waals surface area (Å²) in [6.07, 6.45) is 0. The van der Waals surface area contributed by atoms with Crippen LogP contribution in [0.5, 0.6) is 5.75 Å². The van der Waals surface area contributed by atoms with E-state index in [9.17, 15) is 4.79 Å². The van der Waals surface area contributed by atoms with Gasteiger partial charge in [-0.25, -0.2) is 4.79 Å². The summed E-state index contributed by atoms with van der Waals surface area (Å²) >= 11 is 0. The molecule has 19 heavy (non-hydrogen) atoms. The van der Waals surface area contributed by atoms with Gasteiger partial charge in [-0.2, -0.15) is 0 Å². The minimum Gasteiger partial charge on any atom is -0.478 e. The van der Waals surface area contributed by atoms with Gasteiger partial charge in [0.05, 0.1) is 0 Å². The topological polar surface area (TPSA) is 55.8 Å². The lowest BCUT2D eigenvalue weighted by atomic mass is 10.2. The van der Waals surface area contributed by atoms with E-state index in [4.69, 9.17) is 14.3 Å². The van der Waals surface area contributed by atoms with Crippen molar-refractivity contribution >= 4 is 14.3 Å². The van der Waals surface area contributed by atoms with Gasteiger partial charge in [-0.3, -0.25) is 0 Å². The first kappa shape index (κ1) is 15.7. The second kappa shape index (κ2) is 5.75. The summed E-state index contributed by atoms with van der Waals surface area (Å²) in [4.78, 5) is 11.0. The molecule has 1 aromatic rings. The molecule has 0 aliphatic carbocycles. The second-order valence-electron chi connectivity index (χ2n) is 5.97. The van der Waals surface area contributed by atoms with E-state index in [0.717, 1.165) is 0 Å². The smallest absolute Gasteiger partial charge is 0.339 e. The number of carboxylic acid groups (broad SMARTS) is 1. The summed E-state index contributed by atoms with van der Waals surface area (Å²) in [6, 6.07) is 6.57. The third-order valence-corrected chi connectivity index (χ3v) is 8.01. The Hall–Kier alpha value is -1.33. The monoisotopic (exact) mass is 282 g/mol. The highest BCUT2D eigenvalue weighted by atomic mass is 28.4. The Labute approximate surface area is 115 Å². The molecule has 4 nitrogen and oxygen atoms in total. The number of benzene rings is 1. The molecule has 1 rings (SSSR count). The lowest BCUT2D eigenvalue weighted by Crippen LogP contribution is -2.41. The summed E-state index contributed by atoms with van der Waals surface area (Å²) in [5.74, 6) is -0.656. The first-order chi connectivity index (χ1) is 8.65. The summed E-state index contributed by atoms with van der Waals surface area (Å²) in [6.45, 7) is 10.8. The van der Waals surface area contributed by atoms with Gasteiger partial charge in [0.15, 0.2) is 15.1 Å². The highest BCUT2D eigenvalue weighted by Gasteiger charge is 2.37. The standard InChI is InChI=1S/C14H22O4Si/c1-14(2,3)19(4,5)18-10-17-12-9-7-6-8-11(12)13(15)16/h6-9H,10H2,1-5H3,(H,15,16). The quantitative estimate of drug-likeness (QED) is 0.660. The van der Waals surface area contributed by atoms with Crippen LogP contribution in [0.1, 0.15) is 31.1 Å². The van der Waals surface area contributed by atoms with Gasteiger partial charge in [0.1, 0.15) is 11.3 Å². The fraction of sp³-hybridized carbons (Fsp3) is 0.500. The van der Waals surface area contributed by atoms with Gasteiger partial charge in [0.25, 0.3) is 0 Å². The molecular weight excluding hydrogens is 260 g/mol. The molecule has 0 aliphatic rings. The molecular formula is C14H22O4Si. The Morgan fingerprint density at radius 3 is 2.37 bits per heavy atom. The van der Waals surface area contributed by atoms with E-state index in [-0.39, 0.29) is 17.4 Å². The van der Waals surface area contributed by atoms with Crippen molar-refractivity contribution in [1.82, 2.24) is 0 Å². The van der Waals surface area contributed by atoms with E-state index >= 15 is 0 Å². The maximum atomic E-state index is 11.0. The van der Waals surface area contributed by atoms with Crippen LogP contribution in [0, 0.1) is 0 Å². The van der Waals surface area contributed by atoms with Crippen LogP contribution in [0.25, 0.3) is 0 Å². The molecule has 0 spiro atoms. The molecule has 0 unspecified atom stereocenters. The molecule has 0 atom stereocenters. The highest BCUT2D eigenvalue weighted by molar-refractivity contribution is 6.74.